The number of rotatable bonds is 4. The second-order valence-corrected chi connectivity index (χ2v) is 6.11. The fourth-order valence-corrected chi connectivity index (χ4v) is 3.13. The fraction of sp³-hybridized carbons (Fsp3) is 0.316. The molecule has 2 aromatic rings. The van der Waals surface area contributed by atoms with Crippen molar-refractivity contribution < 1.29 is 13.6 Å². The monoisotopic (exact) mass is 330 g/mol. The summed E-state index contributed by atoms with van der Waals surface area (Å²) in [5.41, 5.74) is 2.53. The molecule has 1 N–H and O–H groups in total. The lowest BCUT2D eigenvalue weighted by Crippen LogP contribution is -2.41. The van der Waals surface area contributed by atoms with Crippen LogP contribution in [0.5, 0.6) is 0 Å². The van der Waals surface area contributed by atoms with E-state index in [0.29, 0.717) is 5.56 Å². The highest BCUT2D eigenvalue weighted by Crippen LogP contribution is 2.29. The number of carbonyl (C=O) groups excluding carboxylic acids is 1. The number of hydrogen-bond donors (Lipinski definition) is 1. The molecule has 1 atom stereocenters. The third-order valence-electron chi connectivity index (χ3n) is 4.55. The van der Waals surface area contributed by atoms with Crippen LogP contribution in [0.15, 0.2) is 42.5 Å². The lowest BCUT2D eigenvalue weighted by molar-refractivity contribution is -0.123. The first-order chi connectivity index (χ1) is 11.5. The van der Waals surface area contributed by atoms with Gasteiger partial charge in [-0.05, 0) is 42.7 Å². The molecule has 0 aromatic heterocycles. The van der Waals surface area contributed by atoms with E-state index in [1.807, 2.05) is 17.9 Å². The first-order valence-corrected chi connectivity index (χ1v) is 8.07. The minimum atomic E-state index is -0.325. The van der Waals surface area contributed by atoms with Gasteiger partial charge in [-0.25, -0.2) is 8.78 Å². The zero-order valence-electron chi connectivity index (χ0n) is 13.6. The predicted octanol–water partition coefficient (Wildman–Crippen LogP) is 3.20. The van der Waals surface area contributed by atoms with Gasteiger partial charge in [-0.3, -0.25) is 9.69 Å². The van der Waals surface area contributed by atoms with Gasteiger partial charge in [-0.2, -0.15) is 0 Å². The molecule has 1 amide bonds. The molecule has 2 aromatic carbocycles. The van der Waals surface area contributed by atoms with Gasteiger partial charge in [0.05, 0.1) is 6.54 Å². The zero-order chi connectivity index (χ0) is 17.1. The van der Waals surface area contributed by atoms with Crippen LogP contribution in [0.25, 0.3) is 0 Å². The maximum absolute atomic E-state index is 13.6. The minimum absolute atomic E-state index is 0.0244. The molecule has 0 bridgehead atoms. The Morgan fingerprint density at radius 1 is 1.25 bits per heavy atom. The van der Waals surface area contributed by atoms with Crippen molar-refractivity contribution in [3.8, 4) is 0 Å². The lowest BCUT2D eigenvalue weighted by Gasteiger charge is -2.34. The van der Waals surface area contributed by atoms with Gasteiger partial charge in [0.15, 0.2) is 0 Å². The van der Waals surface area contributed by atoms with Crippen LogP contribution < -0.4 is 5.32 Å². The highest BCUT2D eigenvalue weighted by atomic mass is 19.1. The third-order valence-corrected chi connectivity index (χ3v) is 4.55. The van der Waals surface area contributed by atoms with Crippen LogP contribution >= 0.6 is 0 Å². The molecule has 24 heavy (non-hydrogen) atoms. The molecule has 5 heteroatoms. The summed E-state index contributed by atoms with van der Waals surface area (Å²) in [7, 11) is 0. The Labute approximate surface area is 140 Å². The average molecular weight is 330 g/mol. The minimum Gasteiger partial charge on any atom is -0.351 e. The van der Waals surface area contributed by atoms with Crippen molar-refractivity contribution in [2.45, 2.75) is 25.9 Å². The molecule has 0 saturated heterocycles. The number of fused-ring (bicyclic) bond motifs is 1. The molecule has 0 radical (unpaired) electrons. The molecule has 3 rings (SSSR count). The van der Waals surface area contributed by atoms with Gasteiger partial charge in [0.25, 0.3) is 0 Å². The Bertz CT molecular complexity index is 748. The van der Waals surface area contributed by atoms with Gasteiger partial charge in [0.1, 0.15) is 11.6 Å². The quantitative estimate of drug-likeness (QED) is 0.934. The molecule has 1 heterocycles. The van der Waals surface area contributed by atoms with Gasteiger partial charge in [-0.1, -0.05) is 24.3 Å². The second-order valence-electron chi connectivity index (χ2n) is 6.11. The van der Waals surface area contributed by atoms with E-state index < -0.39 is 0 Å². The van der Waals surface area contributed by atoms with Gasteiger partial charge in [-0.15, -0.1) is 0 Å². The highest BCUT2D eigenvalue weighted by Gasteiger charge is 2.25. The first-order valence-electron chi connectivity index (χ1n) is 8.07. The standard InChI is InChI=1S/C19H20F2N2O/c1-13-17-10-16(20)7-6-14(17)8-9-23(13)12-19(24)22-11-15-4-2-3-5-18(15)21/h2-7,10,13H,8-9,11-12H2,1H3,(H,22,24). The molecule has 126 valence electrons. The summed E-state index contributed by atoms with van der Waals surface area (Å²) in [6.45, 7) is 3.10. The number of nitrogens with one attached hydrogen (secondary N) is 1. The second kappa shape index (κ2) is 7.09. The topological polar surface area (TPSA) is 32.3 Å². The van der Waals surface area contributed by atoms with Crippen molar-refractivity contribution in [2.24, 2.45) is 0 Å². The summed E-state index contributed by atoms with van der Waals surface area (Å²) in [4.78, 5) is 14.2. The smallest absolute Gasteiger partial charge is 0.234 e. The zero-order valence-corrected chi connectivity index (χ0v) is 13.6. The van der Waals surface area contributed by atoms with E-state index in [0.717, 1.165) is 24.1 Å². The molecular formula is C19H20F2N2O. The van der Waals surface area contributed by atoms with Crippen molar-refractivity contribution in [1.82, 2.24) is 10.2 Å². The van der Waals surface area contributed by atoms with Crippen LogP contribution in [0.4, 0.5) is 8.78 Å². The van der Waals surface area contributed by atoms with Gasteiger partial charge in [0, 0.05) is 24.7 Å². The summed E-state index contributed by atoms with van der Waals surface area (Å²) in [6.07, 6.45) is 0.792. The van der Waals surface area contributed by atoms with E-state index in [-0.39, 0.29) is 36.7 Å². The largest absolute Gasteiger partial charge is 0.351 e. The van der Waals surface area contributed by atoms with Crippen molar-refractivity contribution in [2.75, 3.05) is 13.1 Å². The Morgan fingerprint density at radius 2 is 2.04 bits per heavy atom. The van der Waals surface area contributed by atoms with E-state index in [1.54, 1.807) is 24.3 Å². The number of nitrogens with zero attached hydrogens (tertiary/aromatic N) is 1. The number of benzene rings is 2. The third kappa shape index (κ3) is 3.62. The Balaban J connectivity index is 1.60. The average Bonchev–Trinajstić information content (AvgIpc) is 2.57. The van der Waals surface area contributed by atoms with Crippen LogP contribution in [0.3, 0.4) is 0 Å². The van der Waals surface area contributed by atoms with Crippen LogP contribution in [0.2, 0.25) is 0 Å². The van der Waals surface area contributed by atoms with E-state index in [4.69, 9.17) is 0 Å². The fourth-order valence-electron chi connectivity index (χ4n) is 3.13. The summed E-state index contributed by atoms with van der Waals surface area (Å²) in [6, 6.07) is 11.2. The van der Waals surface area contributed by atoms with Gasteiger partial charge in [0.2, 0.25) is 5.91 Å². The molecule has 1 unspecified atom stereocenters. The Hall–Kier alpha value is -2.27. The molecule has 0 aliphatic carbocycles. The van der Waals surface area contributed by atoms with E-state index in [2.05, 4.69) is 5.32 Å². The summed E-state index contributed by atoms with van der Waals surface area (Å²) < 4.78 is 27.0. The molecule has 3 nitrogen and oxygen atoms in total. The van der Waals surface area contributed by atoms with Crippen LogP contribution in [-0.2, 0) is 17.8 Å². The van der Waals surface area contributed by atoms with Crippen molar-refractivity contribution in [3.05, 3.63) is 70.8 Å². The maximum Gasteiger partial charge on any atom is 0.234 e. The van der Waals surface area contributed by atoms with E-state index in [9.17, 15) is 13.6 Å². The number of amides is 1. The Kier molecular flexibility index (Phi) is 4.90. The van der Waals surface area contributed by atoms with Gasteiger partial charge < -0.3 is 5.32 Å². The molecule has 1 aliphatic rings. The first kappa shape index (κ1) is 16.6. The normalized spacial score (nSPS) is 17.4. The van der Waals surface area contributed by atoms with Gasteiger partial charge >= 0.3 is 0 Å². The number of carbonyl (C=O) groups is 1. The van der Waals surface area contributed by atoms with Crippen LogP contribution in [0, 0.1) is 11.6 Å². The van der Waals surface area contributed by atoms with E-state index in [1.165, 1.54) is 12.1 Å². The Morgan fingerprint density at radius 3 is 2.83 bits per heavy atom. The van der Waals surface area contributed by atoms with Crippen molar-refractivity contribution >= 4 is 5.91 Å². The summed E-state index contributed by atoms with van der Waals surface area (Å²) in [5, 5.41) is 2.75. The molecule has 0 fully saturated rings. The molecule has 0 spiro atoms. The molecule has 0 saturated carbocycles. The van der Waals surface area contributed by atoms with Crippen LogP contribution in [0.1, 0.15) is 29.7 Å². The van der Waals surface area contributed by atoms with E-state index >= 15 is 0 Å². The highest BCUT2D eigenvalue weighted by molar-refractivity contribution is 5.78. The van der Waals surface area contributed by atoms with Crippen molar-refractivity contribution in [3.63, 3.8) is 0 Å². The summed E-state index contributed by atoms with van der Waals surface area (Å²) in [5.74, 6) is -0.745. The van der Waals surface area contributed by atoms with Crippen molar-refractivity contribution in [1.29, 1.82) is 0 Å². The summed E-state index contributed by atoms with van der Waals surface area (Å²) >= 11 is 0. The maximum atomic E-state index is 13.6. The predicted molar refractivity (Wildman–Crippen MR) is 88.3 cm³/mol. The van der Waals surface area contributed by atoms with Crippen LogP contribution in [-0.4, -0.2) is 23.9 Å². The molecule has 1 aliphatic heterocycles. The number of hydrogen-bond acceptors (Lipinski definition) is 2. The number of halogens is 2. The molecular weight excluding hydrogens is 310 g/mol. The lowest BCUT2D eigenvalue weighted by atomic mass is 9.93. The SMILES string of the molecule is CC1c2cc(F)ccc2CCN1CC(=O)NCc1ccccc1F.